The molecule has 1 heterocycles. The maximum atomic E-state index is 12.9. The van der Waals surface area contributed by atoms with Gasteiger partial charge in [-0.3, -0.25) is 9.36 Å². The second-order valence-electron chi connectivity index (χ2n) is 6.80. The summed E-state index contributed by atoms with van der Waals surface area (Å²) in [6.07, 6.45) is -2.83. The molecule has 0 aliphatic carbocycles. The van der Waals surface area contributed by atoms with E-state index in [1.807, 2.05) is 12.1 Å². The van der Waals surface area contributed by atoms with Gasteiger partial charge in [-0.05, 0) is 35.9 Å². The number of allylic oxidation sites excluding steroid dienone is 1. The van der Waals surface area contributed by atoms with Crippen LogP contribution in [-0.2, 0) is 30.7 Å². The van der Waals surface area contributed by atoms with Crippen LogP contribution in [0.25, 0.3) is 0 Å². The number of aromatic nitrogens is 3. The lowest BCUT2D eigenvalue weighted by atomic mass is 10.2. The molecule has 1 amide bonds. The van der Waals surface area contributed by atoms with Gasteiger partial charge in [0.05, 0.1) is 11.3 Å². The molecule has 0 saturated carbocycles. The van der Waals surface area contributed by atoms with Gasteiger partial charge >= 0.3 is 6.18 Å². The van der Waals surface area contributed by atoms with Gasteiger partial charge in [0.1, 0.15) is 12.4 Å². The van der Waals surface area contributed by atoms with Crippen LogP contribution >= 0.6 is 23.4 Å². The number of ether oxygens (including phenoxy) is 1. The normalized spacial score (nSPS) is 11.3. The first-order valence-corrected chi connectivity index (χ1v) is 11.1. The topological polar surface area (TPSA) is 69.0 Å². The van der Waals surface area contributed by atoms with E-state index in [0.717, 1.165) is 17.7 Å². The van der Waals surface area contributed by atoms with Gasteiger partial charge in [-0.1, -0.05) is 47.6 Å². The maximum Gasteiger partial charge on any atom is 0.416 e. The summed E-state index contributed by atoms with van der Waals surface area (Å²) >= 11 is 7.03. The minimum Gasteiger partial charge on any atom is -0.486 e. The summed E-state index contributed by atoms with van der Waals surface area (Å²) in [4.78, 5) is 12.2. The van der Waals surface area contributed by atoms with Crippen molar-refractivity contribution >= 4 is 29.3 Å². The molecule has 11 heteroatoms. The third-order valence-electron chi connectivity index (χ3n) is 4.37. The van der Waals surface area contributed by atoms with Crippen molar-refractivity contribution in [3.8, 4) is 5.75 Å². The largest absolute Gasteiger partial charge is 0.486 e. The standard InChI is InChI=1S/C22H20ClF3N4O2S/c1-2-10-30-19(13-32-18-5-3-4-16(11-18)22(24,25)26)28-29-21(30)33-14-20(31)27-12-15-6-8-17(23)9-7-15/h2-9,11H,1,10,12-14H2,(H,27,31). The molecule has 0 unspecified atom stereocenters. The number of nitrogens with one attached hydrogen (secondary N) is 1. The molecule has 174 valence electrons. The van der Waals surface area contributed by atoms with Crippen molar-refractivity contribution in [2.45, 2.75) is 31.0 Å². The average Bonchev–Trinajstić information content (AvgIpc) is 3.17. The summed E-state index contributed by atoms with van der Waals surface area (Å²) in [5, 5.41) is 12.0. The highest BCUT2D eigenvalue weighted by molar-refractivity contribution is 7.99. The van der Waals surface area contributed by atoms with E-state index in [4.69, 9.17) is 16.3 Å². The summed E-state index contributed by atoms with van der Waals surface area (Å²) in [7, 11) is 0. The van der Waals surface area contributed by atoms with Crippen molar-refractivity contribution in [1.29, 1.82) is 0 Å². The first kappa shape index (κ1) is 24.7. The van der Waals surface area contributed by atoms with Crippen LogP contribution in [0.1, 0.15) is 17.0 Å². The molecule has 0 atom stereocenters. The number of carbonyl (C=O) groups is 1. The molecule has 3 rings (SSSR count). The van der Waals surface area contributed by atoms with Gasteiger partial charge in [-0.2, -0.15) is 13.2 Å². The molecule has 0 aliphatic heterocycles. The summed E-state index contributed by atoms with van der Waals surface area (Å²) in [6, 6.07) is 11.8. The predicted molar refractivity (Wildman–Crippen MR) is 120 cm³/mol. The van der Waals surface area contributed by atoms with E-state index < -0.39 is 11.7 Å². The molecule has 3 aromatic rings. The Hall–Kier alpha value is -2.98. The molecule has 0 fully saturated rings. The fourth-order valence-electron chi connectivity index (χ4n) is 2.74. The number of nitrogens with zero attached hydrogens (tertiary/aromatic N) is 3. The van der Waals surface area contributed by atoms with Gasteiger partial charge in [0.25, 0.3) is 0 Å². The summed E-state index contributed by atoms with van der Waals surface area (Å²) in [5.41, 5.74) is 0.120. The minimum atomic E-state index is -4.46. The molecule has 0 aliphatic rings. The van der Waals surface area contributed by atoms with Crippen LogP contribution in [0, 0.1) is 0 Å². The lowest BCUT2D eigenvalue weighted by molar-refractivity contribution is -0.137. The van der Waals surface area contributed by atoms with Crippen LogP contribution in [-0.4, -0.2) is 26.4 Å². The highest BCUT2D eigenvalue weighted by Gasteiger charge is 2.30. The Morgan fingerprint density at radius 3 is 2.67 bits per heavy atom. The zero-order valence-electron chi connectivity index (χ0n) is 17.3. The van der Waals surface area contributed by atoms with Crippen LogP contribution in [0.15, 0.2) is 66.3 Å². The number of hydrogen-bond donors (Lipinski definition) is 1. The number of benzene rings is 2. The van der Waals surface area contributed by atoms with E-state index >= 15 is 0 Å². The molecule has 33 heavy (non-hydrogen) atoms. The zero-order valence-corrected chi connectivity index (χ0v) is 18.9. The molecule has 1 aromatic heterocycles. The molecule has 0 spiro atoms. The number of thioether (sulfide) groups is 1. The molecule has 2 aromatic carbocycles. The monoisotopic (exact) mass is 496 g/mol. The Balaban J connectivity index is 1.58. The smallest absolute Gasteiger partial charge is 0.416 e. The highest BCUT2D eigenvalue weighted by Crippen LogP contribution is 2.31. The fraction of sp³-hybridized carbons (Fsp3) is 0.227. The molecule has 0 bridgehead atoms. The molecule has 1 N–H and O–H groups in total. The number of amides is 1. The third kappa shape index (κ3) is 7.26. The number of alkyl halides is 3. The minimum absolute atomic E-state index is 0.0637. The van der Waals surface area contributed by atoms with Crippen LogP contribution in [0.2, 0.25) is 5.02 Å². The second kappa shape index (κ2) is 11.2. The van der Waals surface area contributed by atoms with Crippen LogP contribution in [0.5, 0.6) is 5.75 Å². The van der Waals surface area contributed by atoms with Crippen molar-refractivity contribution in [3.05, 3.63) is 83.2 Å². The Bertz CT molecular complexity index is 1100. The molecule has 6 nitrogen and oxygen atoms in total. The Morgan fingerprint density at radius 2 is 1.97 bits per heavy atom. The number of halogens is 4. The predicted octanol–water partition coefficient (Wildman–Crippen LogP) is 5.12. The van der Waals surface area contributed by atoms with Crippen molar-refractivity contribution in [1.82, 2.24) is 20.1 Å². The Kier molecular flexibility index (Phi) is 8.40. The van der Waals surface area contributed by atoms with E-state index in [-0.39, 0.29) is 24.0 Å². The van der Waals surface area contributed by atoms with Gasteiger partial charge in [0, 0.05) is 18.1 Å². The quantitative estimate of drug-likeness (QED) is 0.311. The van der Waals surface area contributed by atoms with E-state index in [1.54, 1.807) is 22.8 Å². The van der Waals surface area contributed by atoms with Crippen LogP contribution in [0.3, 0.4) is 0 Å². The average molecular weight is 497 g/mol. The van der Waals surface area contributed by atoms with Gasteiger partial charge in [0.15, 0.2) is 11.0 Å². The van der Waals surface area contributed by atoms with E-state index in [2.05, 4.69) is 22.1 Å². The van der Waals surface area contributed by atoms with Crippen LogP contribution < -0.4 is 10.1 Å². The molecule has 0 saturated heterocycles. The van der Waals surface area contributed by atoms with Crippen LogP contribution in [0.4, 0.5) is 13.2 Å². The highest BCUT2D eigenvalue weighted by atomic mass is 35.5. The van der Waals surface area contributed by atoms with Gasteiger partial charge in [-0.25, -0.2) is 0 Å². The lowest BCUT2D eigenvalue weighted by Crippen LogP contribution is -2.24. The van der Waals surface area contributed by atoms with Crippen molar-refractivity contribution < 1.29 is 22.7 Å². The molecular formula is C22H20ClF3N4O2S. The summed E-state index contributed by atoms with van der Waals surface area (Å²) < 4.78 is 45.8. The van der Waals surface area contributed by atoms with Gasteiger partial charge in [-0.15, -0.1) is 16.8 Å². The van der Waals surface area contributed by atoms with Gasteiger partial charge < -0.3 is 10.1 Å². The Morgan fingerprint density at radius 1 is 1.21 bits per heavy atom. The number of hydrogen-bond acceptors (Lipinski definition) is 5. The van der Waals surface area contributed by atoms with E-state index in [9.17, 15) is 18.0 Å². The number of rotatable bonds is 10. The van der Waals surface area contributed by atoms with E-state index in [1.165, 1.54) is 23.9 Å². The molecular weight excluding hydrogens is 477 g/mol. The van der Waals surface area contributed by atoms with E-state index in [0.29, 0.717) is 29.1 Å². The van der Waals surface area contributed by atoms with Crippen molar-refractivity contribution in [3.63, 3.8) is 0 Å². The first-order chi connectivity index (χ1) is 15.8. The first-order valence-electron chi connectivity index (χ1n) is 9.73. The van der Waals surface area contributed by atoms with Gasteiger partial charge in [0.2, 0.25) is 5.91 Å². The summed E-state index contributed by atoms with van der Waals surface area (Å²) in [5.74, 6) is 0.382. The molecule has 0 radical (unpaired) electrons. The van der Waals surface area contributed by atoms with Crippen molar-refractivity contribution in [2.24, 2.45) is 0 Å². The second-order valence-corrected chi connectivity index (χ2v) is 8.18. The number of carbonyl (C=O) groups excluding carboxylic acids is 1. The summed E-state index contributed by atoms with van der Waals surface area (Å²) in [6.45, 7) is 4.32. The van der Waals surface area contributed by atoms with Crippen molar-refractivity contribution in [2.75, 3.05) is 5.75 Å². The zero-order chi connectivity index (χ0) is 23.8. The Labute approximate surface area is 197 Å². The lowest BCUT2D eigenvalue weighted by Gasteiger charge is -2.11. The third-order valence-corrected chi connectivity index (χ3v) is 5.59. The fourth-order valence-corrected chi connectivity index (χ4v) is 3.66. The SMILES string of the molecule is C=CCn1c(COc2cccc(C(F)(F)F)c2)nnc1SCC(=O)NCc1ccc(Cl)cc1. The maximum absolute atomic E-state index is 12.9.